The van der Waals surface area contributed by atoms with E-state index in [1.54, 1.807) is 14.2 Å². The third-order valence-electron chi connectivity index (χ3n) is 3.02. The molecule has 0 spiro atoms. The lowest BCUT2D eigenvalue weighted by Crippen LogP contribution is -2.53. The van der Waals surface area contributed by atoms with Gasteiger partial charge in [0.05, 0.1) is 20.3 Å². The monoisotopic (exact) mass is 250 g/mol. The van der Waals surface area contributed by atoms with Crippen molar-refractivity contribution < 1.29 is 14.3 Å². The maximum atomic E-state index is 11.6. The summed E-state index contributed by atoms with van der Waals surface area (Å²) >= 11 is 0. The Kier molecular flexibility index (Phi) is 4.04. The summed E-state index contributed by atoms with van der Waals surface area (Å²) < 4.78 is 10.4. The number of nitrogens with one attached hydrogen (secondary N) is 2. The van der Waals surface area contributed by atoms with Gasteiger partial charge in [0.25, 0.3) is 0 Å². The van der Waals surface area contributed by atoms with Crippen LogP contribution in [0.5, 0.6) is 11.5 Å². The van der Waals surface area contributed by atoms with Gasteiger partial charge >= 0.3 is 0 Å². The molecule has 1 aliphatic heterocycles. The van der Waals surface area contributed by atoms with Gasteiger partial charge in [0, 0.05) is 13.1 Å². The first-order chi connectivity index (χ1) is 8.74. The van der Waals surface area contributed by atoms with Gasteiger partial charge < -0.3 is 20.1 Å². The minimum atomic E-state index is -0.170. The fourth-order valence-corrected chi connectivity index (χ4v) is 2.06. The Morgan fingerprint density at radius 3 is 2.67 bits per heavy atom. The molecule has 1 atom stereocenters. The summed E-state index contributed by atoms with van der Waals surface area (Å²) in [6.07, 6.45) is 0.645. The van der Waals surface area contributed by atoms with E-state index < -0.39 is 0 Å². The molecule has 18 heavy (non-hydrogen) atoms. The van der Waals surface area contributed by atoms with E-state index in [4.69, 9.17) is 9.47 Å². The van der Waals surface area contributed by atoms with Crippen molar-refractivity contribution in [2.75, 3.05) is 27.3 Å². The molecule has 1 aromatic carbocycles. The van der Waals surface area contributed by atoms with Crippen LogP contribution in [0, 0.1) is 0 Å². The molecule has 5 nitrogen and oxygen atoms in total. The van der Waals surface area contributed by atoms with Gasteiger partial charge in [-0.25, -0.2) is 0 Å². The quantitative estimate of drug-likeness (QED) is 0.808. The molecule has 0 radical (unpaired) electrons. The number of methoxy groups -OCH3 is 2. The molecule has 1 aromatic rings. The number of hydrogen-bond donors (Lipinski definition) is 2. The first kappa shape index (κ1) is 12.7. The summed E-state index contributed by atoms with van der Waals surface area (Å²) in [6, 6.07) is 5.54. The van der Waals surface area contributed by atoms with Gasteiger partial charge in [0.2, 0.25) is 5.91 Å². The SMILES string of the molecule is COc1ccc(C[C@H]2NCCNC2=O)cc1OC. The lowest BCUT2D eigenvalue weighted by atomic mass is 10.0. The minimum Gasteiger partial charge on any atom is -0.493 e. The van der Waals surface area contributed by atoms with Gasteiger partial charge in [0.15, 0.2) is 11.5 Å². The fourth-order valence-electron chi connectivity index (χ4n) is 2.06. The van der Waals surface area contributed by atoms with Crippen molar-refractivity contribution in [2.24, 2.45) is 0 Å². The van der Waals surface area contributed by atoms with Crippen LogP contribution < -0.4 is 20.1 Å². The van der Waals surface area contributed by atoms with Crippen LogP contribution >= 0.6 is 0 Å². The Labute approximate surface area is 106 Å². The van der Waals surface area contributed by atoms with E-state index in [2.05, 4.69) is 10.6 Å². The smallest absolute Gasteiger partial charge is 0.237 e. The molecular weight excluding hydrogens is 232 g/mol. The summed E-state index contributed by atoms with van der Waals surface area (Å²) in [4.78, 5) is 11.6. The van der Waals surface area contributed by atoms with Gasteiger partial charge in [-0.1, -0.05) is 6.07 Å². The second-order valence-electron chi connectivity index (χ2n) is 4.19. The van der Waals surface area contributed by atoms with Gasteiger partial charge in [-0.2, -0.15) is 0 Å². The first-order valence-electron chi connectivity index (χ1n) is 5.96. The Hall–Kier alpha value is -1.75. The van der Waals surface area contributed by atoms with Crippen molar-refractivity contribution in [3.8, 4) is 11.5 Å². The van der Waals surface area contributed by atoms with Crippen LogP contribution in [0.4, 0.5) is 0 Å². The zero-order valence-electron chi connectivity index (χ0n) is 10.7. The summed E-state index contributed by atoms with van der Waals surface area (Å²) in [6.45, 7) is 1.50. The second kappa shape index (κ2) is 5.73. The maximum Gasteiger partial charge on any atom is 0.237 e. The molecule has 0 aromatic heterocycles. The Bertz CT molecular complexity index is 434. The van der Waals surface area contributed by atoms with Gasteiger partial charge in [-0.05, 0) is 24.1 Å². The van der Waals surface area contributed by atoms with E-state index in [0.717, 1.165) is 12.1 Å². The minimum absolute atomic E-state index is 0.0519. The molecule has 98 valence electrons. The van der Waals surface area contributed by atoms with Crippen molar-refractivity contribution >= 4 is 5.91 Å². The molecule has 2 rings (SSSR count). The van der Waals surface area contributed by atoms with E-state index in [0.29, 0.717) is 24.5 Å². The standard InChI is InChI=1S/C13H18N2O3/c1-17-11-4-3-9(8-12(11)18-2)7-10-13(16)15-6-5-14-10/h3-4,8,10,14H,5-7H2,1-2H3,(H,15,16)/t10-/m1/s1. The van der Waals surface area contributed by atoms with Crippen molar-refractivity contribution in [1.29, 1.82) is 0 Å². The molecule has 1 fully saturated rings. The Balaban J connectivity index is 2.11. The normalized spacial score (nSPS) is 19.2. The molecule has 1 aliphatic rings. The fraction of sp³-hybridized carbons (Fsp3) is 0.462. The van der Waals surface area contributed by atoms with E-state index in [1.807, 2.05) is 18.2 Å². The van der Waals surface area contributed by atoms with E-state index in [1.165, 1.54) is 0 Å². The van der Waals surface area contributed by atoms with Crippen molar-refractivity contribution in [3.05, 3.63) is 23.8 Å². The van der Waals surface area contributed by atoms with Crippen LogP contribution in [0.1, 0.15) is 5.56 Å². The van der Waals surface area contributed by atoms with Crippen molar-refractivity contribution in [2.45, 2.75) is 12.5 Å². The summed E-state index contributed by atoms with van der Waals surface area (Å²) in [5.41, 5.74) is 1.04. The van der Waals surface area contributed by atoms with Gasteiger partial charge in [-0.3, -0.25) is 4.79 Å². The third kappa shape index (κ3) is 2.73. The lowest BCUT2D eigenvalue weighted by molar-refractivity contribution is -0.124. The van der Waals surface area contributed by atoms with Gasteiger partial charge in [0.1, 0.15) is 0 Å². The van der Waals surface area contributed by atoms with Crippen LogP contribution in [0.2, 0.25) is 0 Å². The zero-order valence-corrected chi connectivity index (χ0v) is 10.7. The maximum absolute atomic E-state index is 11.6. The van der Waals surface area contributed by atoms with Crippen LogP contribution in [0.25, 0.3) is 0 Å². The molecule has 1 saturated heterocycles. The number of amides is 1. The Morgan fingerprint density at radius 2 is 2.00 bits per heavy atom. The predicted molar refractivity (Wildman–Crippen MR) is 68.1 cm³/mol. The average Bonchev–Trinajstić information content (AvgIpc) is 2.41. The molecule has 0 aliphatic carbocycles. The summed E-state index contributed by atoms with van der Waals surface area (Å²) in [5, 5.41) is 6.05. The topological polar surface area (TPSA) is 59.6 Å². The van der Waals surface area contributed by atoms with E-state index in [-0.39, 0.29) is 11.9 Å². The number of benzene rings is 1. The number of piperazine rings is 1. The van der Waals surface area contributed by atoms with Crippen LogP contribution in [-0.4, -0.2) is 39.3 Å². The molecule has 0 saturated carbocycles. The number of rotatable bonds is 4. The first-order valence-corrected chi connectivity index (χ1v) is 5.96. The lowest BCUT2D eigenvalue weighted by Gasteiger charge is -2.23. The molecule has 5 heteroatoms. The van der Waals surface area contributed by atoms with Gasteiger partial charge in [-0.15, -0.1) is 0 Å². The third-order valence-corrected chi connectivity index (χ3v) is 3.02. The van der Waals surface area contributed by atoms with Crippen LogP contribution in [-0.2, 0) is 11.2 Å². The summed E-state index contributed by atoms with van der Waals surface area (Å²) in [5.74, 6) is 1.43. The average molecular weight is 250 g/mol. The van der Waals surface area contributed by atoms with E-state index >= 15 is 0 Å². The largest absolute Gasteiger partial charge is 0.493 e. The predicted octanol–water partition coefficient (Wildman–Crippen LogP) is 0.334. The molecule has 1 heterocycles. The molecular formula is C13H18N2O3. The zero-order chi connectivity index (χ0) is 13.0. The number of carbonyl (C=O) groups is 1. The molecule has 0 bridgehead atoms. The summed E-state index contributed by atoms with van der Waals surface area (Å²) in [7, 11) is 3.21. The highest BCUT2D eigenvalue weighted by Gasteiger charge is 2.21. The highest BCUT2D eigenvalue weighted by atomic mass is 16.5. The van der Waals surface area contributed by atoms with Crippen LogP contribution in [0.3, 0.4) is 0 Å². The molecule has 2 N–H and O–H groups in total. The molecule has 1 amide bonds. The van der Waals surface area contributed by atoms with E-state index in [9.17, 15) is 4.79 Å². The number of ether oxygens (including phenoxy) is 2. The second-order valence-corrected chi connectivity index (χ2v) is 4.19. The molecule has 0 unspecified atom stereocenters. The number of carbonyl (C=O) groups excluding carboxylic acids is 1. The highest BCUT2D eigenvalue weighted by Crippen LogP contribution is 2.28. The highest BCUT2D eigenvalue weighted by molar-refractivity contribution is 5.82. The van der Waals surface area contributed by atoms with Crippen molar-refractivity contribution in [1.82, 2.24) is 10.6 Å². The van der Waals surface area contributed by atoms with Crippen LogP contribution in [0.15, 0.2) is 18.2 Å². The number of hydrogen-bond acceptors (Lipinski definition) is 4. The Morgan fingerprint density at radius 1 is 1.22 bits per heavy atom. The van der Waals surface area contributed by atoms with Crippen molar-refractivity contribution in [3.63, 3.8) is 0 Å².